The van der Waals surface area contributed by atoms with Crippen molar-refractivity contribution < 1.29 is 19.1 Å². The summed E-state index contributed by atoms with van der Waals surface area (Å²) in [6.07, 6.45) is 2.21. The molecule has 1 saturated carbocycles. The lowest BCUT2D eigenvalue weighted by molar-refractivity contribution is -0.117. The molecule has 1 fully saturated rings. The highest BCUT2D eigenvalue weighted by Gasteiger charge is 2.29. The second-order valence-corrected chi connectivity index (χ2v) is 6.46. The lowest BCUT2D eigenvalue weighted by Gasteiger charge is -2.07. The summed E-state index contributed by atoms with van der Waals surface area (Å²) in [5, 5.41) is 4.27. The summed E-state index contributed by atoms with van der Waals surface area (Å²) in [6, 6.07) is 8.20. The van der Waals surface area contributed by atoms with Crippen LogP contribution in [0, 0.1) is 0 Å². The van der Waals surface area contributed by atoms with Crippen molar-refractivity contribution in [3.05, 3.63) is 51.7 Å². The van der Waals surface area contributed by atoms with Gasteiger partial charge in [-0.05, 0) is 54.0 Å². The zero-order valence-electron chi connectivity index (χ0n) is 12.8. The quantitative estimate of drug-likeness (QED) is 0.619. The molecule has 1 aromatic heterocycles. The van der Waals surface area contributed by atoms with Crippen LogP contribution in [0.4, 0.5) is 0 Å². The smallest absolute Gasteiger partial charge is 0.353 e. The van der Waals surface area contributed by atoms with Crippen LogP contribution in [0.5, 0.6) is 5.75 Å². The molecule has 0 atom stereocenters. The molecule has 2 aromatic rings. The maximum atomic E-state index is 12.4. The third-order valence-electron chi connectivity index (χ3n) is 3.63. The van der Waals surface area contributed by atoms with Gasteiger partial charge in [0, 0.05) is 5.56 Å². The van der Waals surface area contributed by atoms with E-state index in [0.29, 0.717) is 10.8 Å². The zero-order chi connectivity index (χ0) is 17.1. The molecule has 1 aliphatic carbocycles. The average Bonchev–Trinajstić information content (AvgIpc) is 3.29. The predicted octanol–water partition coefficient (Wildman–Crippen LogP) is 2.06. The number of nitrogens with two attached hydrogens (primary N) is 1. The van der Waals surface area contributed by atoms with Crippen LogP contribution >= 0.6 is 11.3 Å². The lowest BCUT2D eigenvalue weighted by atomic mass is 10.1. The number of carbonyl (C=O) groups excluding carboxylic acids is 3. The van der Waals surface area contributed by atoms with Crippen LogP contribution in [0.2, 0.25) is 0 Å². The van der Waals surface area contributed by atoms with Crippen molar-refractivity contribution in [1.29, 1.82) is 0 Å². The average molecular weight is 344 g/mol. The molecular weight excluding hydrogens is 328 g/mol. The van der Waals surface area contributed by atoms with Crippen LogP contribution in [0.1, 0.15) is 44.4 Å². The highest BCUT2D eigenvalue weighted by molar-refractivity contribution is 7.12. The van der Waals surface area contributed by atoms with E-state index in [1.807, 2.05) is 11.4 Å². The number of ether oxygens (including phenoxy) is 1. The normalized spacial score (nSPS) is 13.3. The molecule has 24 heavy (non-hydrogen) atoms. The maximum Gasteiger partial charge on any atom is 0.353 e. The molecule has 1 aliphatic rings. The number of nitrogens with one attached hydrogen (secondary N) is 1. The zero-order valence-corrected chi connectivity index (χ0v) is 13.6. The van der Waals surface area contributed by atoms with Crippen LogP contribution in [0.15, 0.2) is 35.7 Å². The molecular formula is C17H16N2O4S. The van der Waals surface area contributed by atoms with Gasteiger partial charge in [-0.1, -0.05) is 6.07 Å². The third kappa shape index (κ3) is 3.80. The number of thiophene rings is 1. The van der Waals surface area contributed by atoms with Gasteiger partial charge in [0.15, 0.2) is 0 Å². The number of primary amides is 1. The van der Waals surface area contributed by atoms with Crippen LogP contribution in [0.25, 0.3) is 0 Å². The van der Waals surface area contributed by atoms with Crippen LogP contribution < -0.4 is 15.8 Å². The van der Waals surface area contributed by atoms with Crippen molar-refractivity contribution in [2.24, 2.45) is 5.73 Å². The Kier molecular flexibility index (Phi) is 4.61. The molecule has 0 radical (unpaired) electrons. The van der Waals surface area contributed by atoms with Gasteiger partial charge in [0.05, 0.1) is 6.54 Å². The number of esters is 1. The van der Waals surface area contributed by atoms with E-state index in [2.05, 4.69) is 5.32 Å². The van der Waals surface area contributed by atoms with E-state index >= 15 is 0 Å². The second kappa shape index (κ2) is 6.84. The van der Waals surface area contributed by atoms with Crippen molar-refractivity contribution in [3.8, 4) is 5.75 Å². The first-order chi connectivity index (χ1) is 11.5. The summed E-state index contributed by atoms with van der Waals surface area (Å²) < 4.78 is 5.39. The van der Waals surface area contributed by atoms with E-state index in [1.165, 1.54) is 17.4 Å². The first-order valence-corrected chi connectivity index (χ1v) is 8.38. The summed E-state index contributed by atoms with van der Waals surface area (Å²) in [5.74, 6) is -0.758. The Morgan fingerprint density at radius 3 is 2.75 bits per heavy atom. The van der Waals surface area contributed by atoms with Crippen LogP contribution in [0.3, 0.4) is 0 Å². The number of rotatable bonds is 6. The Morgan fingerprint density at radius 2 is 2.04 bits per heavy atom. The summed E-state index contributed by atoms with van der Waals surface area (Å²) in [5.41, 5.74) is 6.32. The largest absolute Gasteiger partial charge is 0.422 e. The third-order valence-corrected chi connectivity index (χ3v) is 4.54. The topological polar surface area (TPSA) is 98.5 Å². The number of carbonyl (C=O) groups is 3. The molecule has 0 spiro atoms. The van der Waals surface area contributed by atoms with E-state index in [9.17, 15) is 14.4 Å². The fraction of sp³-hybridized carbons (Fsp3) is 0.235. The molecule has 124 valence electrons. The minimum absolute atomic E-state index is 0.247. The Balaban J connectivity index is 1.70. The maximum absolute atomic E-state index is 12.4. The van der Waals surface area contributed by atoms with Gasteiger partial charge < -0.3 is 15.8 Å². The van der Waals surface area contributed by atoms with Gasteiger partial charge in [0.2, 0.25) is 5.91 Å². The predicted molar refractivity (Wildman–Crippen MR) is 89.2 cm³/mol. The van der Waals surface area contributed by atoms with Crippen molar-refractivity contribution in [3.63, 3.8) is 0 Å². The summed E-state index contributed by atoms with van der Waals surface area (Å²) in [4.78, 5) is 35.6. The fourth-order valence-corrected chi connectivity index (χ4v) is 3.18. The van der Waals surface area contributed by atoms with E-state index in [-0.39, 0.29) is 17.9 Å². The molecule has 0 saturated heterocycles. The van der Waals surface area contributed by atoms with Gasteiger partial charge in [-0.2, -0.15) is 0 Å². The van der Waals surface area contributed by atoms with E-state index in [1.54, 1.807) is 18.2 Å². The SMILES string of the molecule is NC(=O)CNC(=O)c1cccc(OC(=O)c2sccc2C2CC2)c1. The lowest BCUT2D eigenvalue weighted by Crippen LogP contribution is -2.33. The molecule has 6 nitrogen and oxygen atoms in total. The van der Waals surface area contributed by atoms with E-state index < -0.39 is 17.8 Å². The number of hydrogen-bond acceptors (Lipinski definition) is 5. The number of amides is 2. The molecule has 3 N–H and O–H groups in total. The minimum atomic E-state index is -0.628. The molecule has 2 amide bonds. The first kappa shape index (κ1) is 16.2. The number of hydrogen-bond donors (Lipinski definition) is 2. The summed E-state index contributed by atoms with van der Waals surface area (Å²) in [7, 11) is 0. The van der Waals surface area contributed by atoms with Crippen molar-refractivity contribution in [2.75, 3.05) is 6.54 Å². The summed E-state index contributed by atoms with van der Waals surface area (Å²) >= 11 is 1.36. The van der Waals surface area contributed by atoms with Crippen LogP contribution in [-0.4, -0.2) is 24.3 Å². The summed E-state index contributed by atoms with van der Waals surface area (Å²) in [6.45, 7) is -0.247. The molecule has 1 heterocycles. The molecule has 0 unspecified atom stereocenters. The van der Waals surface area contributed by atoms with E-state index in [4.69, 9.17) is 10.5 Å². The molecule has 0 bridgehead atoms. The Labute approximate surface area is 142 Å². The van der Waals surface area contributed by atoms with Gasteiger partial charge in [0.1, 0.15) is 10.6 Å². The van der Waals surface area contributed by atoms with Crippen LogP contribution in [-0.2, 0) is 4.79 Å². The van der Waals surface area contributed by atoms with Gasteiger partial charge >= 0.3 is 5.97 Å². The molecule has 1 aromatic carbocycles. The first-order valence-electron chi connectivity index (χ1n) is 7.50. The Hall–Kier alpha value is -2.67. The molecule has 3 rings (SSSR count). The van der Waals surface area contributed by atoms with E-state index in [0.717, 1.165) is 18.4 Å². The van der Waals surface area contributed by atoms with Gasteiger partial charge in [-0.3, -0.25) is 9.59 Å². The second-order valence-electron chi connectivity index (χ2n) is 5.55. The highest BCUT2D eigenvalue weighted by atomic mass is 32.1. The fourth-order valence-electron chi connectivity index (χ4n) is 2.32. The Morgan fingerprint density at radius 1 is 1.25 bits per heavy atom. The van der Waals surface area contributed by atoms with Gasteiger partial charge in [0.25, 0.3) is 5.91 Å². The molecule has 0 aliphatic heterocycles. The monoisotopic (exact) mass is 344 g/mol. The van der Waals surface area contributed by atoms with Gasteiger partial charge in [-0.15, -0.1) is 11.3 Å². The number of benzene rings is 1. The van der Waals surface area contributed by atoms with Crippen molar-refractivity contribution in [2.45, 2.75) is 18.8 Å². The minimum Gasteiger partial charge on any atom is -0.422 e. The van der Waals surface area contributed by atoms with Crippen molar-refractivity contribution in [1.82, 2.24) is 5.32 Å². The van der Waals surface area contributed by atoms with Gasteiger partial charge in [-0.25, -0.2) is 4.79 Å². The molecule has 7 heteroatoms. The standard InChI is InChI=1S/C17H16N2O4S/c18-14(20)9-19-16(21)11-2-1-3-12(8-11)23-17(22)15-13(6-7-24-15)10-4-5-10/h1-3,6-8,10H,4-5,9H2,(H2,18,20)(H,19,21). The highest BCUT2D eigenvalue weighted by Crippen LogP contribution is 2.43. The van der Waals surface area contributed by atoms with Crippen molar-refractivity contribution >= 4 is 29.1 Å². The Bertz CT molecular complexity index is 795.